The molecule has 0 bridgehead atoms. The van der Waals surface area contributed by atoms with Crippen molar-refractivity contribution < 1.29 is 26.4 Å². The van der Waals surface area contributed by atoms with Crippen LogP contribution < -0.4 is 0 Å². The fourth-order valence-corrected chi connectivity index (χ4v) is 5.10. The van der Waals surface area contributed by atoms with Gasteiger partial charge in [0.05, 0.1) is 11.7 Å². The van der Waals surface area contributed by atoms with Crippen LogP contribution in [0.4, 0.5) is 13.2 Å². The highest BCUT2D eigenvalue weighted by Gasteiger charge is 2.48. The minimum atomic E-state index is -4.35. The van der Waals surface area contributed by atoms with Crippen LogP contribution in [-0.2, 0) is 14.7 Å². The van der Waals surface area contributed by atoms with E-state index in [1.807, 2.05) is 6.92 Å². The fourth-order valence-electron chi connectivity index (χ4n) is 3.26. The highest BCUT2D eigenvalue weighted by Crippen LogP contribution is 2.44. The van der Waals surface area contributed by atoms with Crippen molar-refractivity contribution in [2.24, 2.45) is 22.9 Å². The van der Waals surface area contributed by atoms with Crippen molar-refractivity contribution in [1.29, 1.82) is 0 Å². The number of sulfone groups is 1. The van der Waals surface area contributed by atoms with E-state index in [0.717, 1.165) is 0 Å². The van der Waals surface area contributed by atoms with Gasteiger partial charge in [0, 0.05) is 6.42 Å². The summed E-state index contributed by atoms with van der Waals surface area (Å²) in [7, 11) is -3.82. The molecule has 0 saturated heterocycles. The molecule has 4 nitrogen and oxygen atoms in total. The molecule has 2 rings (SSSR count). The Bertz CT molecular complexity index is 554. The number of oxime groups is 1. The lowest BCUT2D eigenvalue weighted by atomic mass is 9.75. The molecule has 0 amide bonds. The molecule has 0 aromatic rings. The van der Waals surface area contributed by atoms with Gasteiger partial charge in [0.1, 0.15) is 5.60 Å². The number of hydrogen-bond acceptors (Lipinski definition) is 4. The SMILES string of the molecule is CC1CCC(C(F)(F)F)C(CS(=O)(=O)C2=NOC(C)(C)C2)C1. The summed E-state index contributed by atoms with van der Waals surface area (Å²) < 4.78 is 64.2. The molecule has 1 aliphatic carbocycles. The predicted octanol–water partition coefficient (Wildman–Crippen LogP) is 3.53. The summed E-state index contributed by atoms with van der Waals surface area (Å²) >= 11 is 0. The molecule has 128 valence electrons. The number of rotatable bonds is 2. The van der Waals surface area contributed by atoms with Crippen molar-refractivity contribution in [3.63, 3.8) is 0 Å². The number of nitrogens with zero attached hydrogens (tertiary/aromatic N) is 1. The van der Waals surface area contributed by atoms with E-state index in [2.05, 4.69) is 5.16 Å². The second-order valence-electron chi connectivity index (χ2n) is 7.12. The first-order chi connectivity index (χ1) is 9.91. The van der Waals surface area contributed by atoms with E-state index < -0.39 is 39.2 Å². The maximum absolute atomic E-state index is 13.1. The summed E-state index contributed by atoms with van der Waals surface area (Å²) in [6.45, 7) is 5.26. The van der Waals surface area contributed by atoms with E-state index >= 15 is 0 Å². The van der Waals surface area contributed by atoms with Crippen molar-refractivity contribution in [2.45, 2.75) is 58.2 Å². The molecule has 3 unspecified atom stereocenters. The lowest BCUT2D eigenvalue weighted by molar-refractivity contribution is -0.196. The average molecular weight is 341 g/mol. The molecule has 0 N–H and O–H groups in total. The third-order valence-corrected chi connectivity index (χ3v) is 6.23. The normalized spacial score (nSPS) is 32.5. The van der Waals surface area contributed by atoms with Crippen LogP contribution >= 0.6 is 0 Å². The fraction of sp³-hybridized carbons (Fsp3) is 0.929. The molecule has 0 aromatic carbocycles. The van der Waals surface area contributed by atoms with E-state index in [4.69, 9.17) is 4.84 Å². The van der Waals surface area contributed by atoms with Crippen LogP contribution in [0.25, 0.3) is 0 Å². The van der Waals surface area contributed by atoms with E-state index in [0.29, 0.717) is 6.42 Å². The quantitative estimate of drug-likeness (QED) is 0.772. The number of hydrogen-bond donors (Lipinski definition) is 0. The Morgan fingerprint density at radius 1 is 1.32 bits per heavy atom. The van der Waals surface area contributed by atoms with Gasteiger partial charge in [-0.15, -0.1) is 0 Å². The molecule has 0 aromatic heterocycles. The summed E-state index contributed by atoms with van der Waals surface area (Å²) in [4.78, 5) is 5.03. The molecule has 1 heterocycles. The Morgan fingerprint density at radius 3 is 2.45 bits per heavy atom. The second kappa shape index (κ2) is 5.69. The number of halogens is 3. The minimum absolute atomic E-state index is 0.000672. The van der Waals surface area contributed by atoms with E-state index in [1.165, 1.54) is 0 Å². The zero-order chi connectivity index (χ0) is 16.8. The van der Waals surface area contributed by atoms with E-state index in [1.54, 1.807) is 13.8 Å². The molecule has 1 saturated carbocycles. The highest BCUT2D eigenvalue weighted by molar-refractivity contribution is 8.06. The van der Waals surface area contributed by atoms with Crippen molar-refractivity contribution in [1.82, 2.24) is 0 Å². The first kappa shape index (κ1) is 17.6. The molecule has 2 aliphatic rings. The summed E-state index contributed by atoms with van der Waals surface area (Å²) in [5.41, 5.74) is -0.717. The highest BCUT2D eigenvalue weighted by atomic mass is 32.2. The molecular weight excluding hydrogens is 319 g/mol. The topological polar surface area (TPSA) is 55.7 Å². The van der Waals surface area contributed by atoms with Crippen LogP contribution in [0.1, 0.15) is 46.5 Å². The Hall–Kier alpha value is -0.790. The van der Waals surface area contributed by atoms with Gasteiger partial charge in [-0.25, -0.2) is 8.42 Å². The smallest absolute Gasteiger partial charge is 0.389 e. The van der Waals surface area contributed by atoms with E-state index in [-0.39, 0.29) is 30.2 Å². The van der Waals surface area contributed by atoms with Crippen LogP contribution in [0, 0.1) is 17.8 Å². The van der Waals surface area contributed by atoms with Gasteiger partial charge in [-0.2, -0.15) is 13.2 Å². The summed E-state index contributed by atoms with van der Waals surface area (Å²) in [6.07, 6.45) is -3.49. The lowest BCUT2D eigenvalue weighted by Crippen LogP contribution is -2.39. The first-order valence-corrected chi connectivity index (χ1v) is 9.10. The maximum Gasteiger partial charge on any atom is 0.392 e. The standard InChI is InChI=1S/C14H22F3NO3S/c1-9-4-5-11(14(15,16)17)10(6-9)8-22(19,20)12-7-13(2,3)21-18-12/h9-11H,4-8H2,1-3H3. The molecule has 22 heavy (non-hydrogen) atoms. The Balaban J connectivity index is 2.16. The summed E-state index contributed by atoms with van der Waals surface area (Å²) in [5.74, 6) is -2.84. The number of alkyl halides is 3. The lowest BCUT2D eigenvalue weighted by Gasteiger charge is -2.35. The van der Waals surface area contributed by atoms with Gasteiger partial charge < -0.3 is 4.84 Å². The van der Waals surface area contributed by atoms with Crippen molar-refractivity contribution in [3.05, 3.63) is 0 Å². The zero-order valence-electron chi connectivity index (χ0n) is 13.0. The van der Waals surface area contributed by atoms with Gasteiger partial charge in [0.25, 0.3) is 0 Å². The monoisotopic (exact) mass is 341 g/mol. The van der Waals surface area contributed by atoms with Crippen molar-refractivity contribution in [2.75, 3.05) is 5.75 Å². The van der Waals surface area contributed by atoms with Gasteiger partial charge in [0.2, 0.25) is 0 Å². The van der Waals surface area contributed by atoms with Crippen LogP contribution in [-0.4, -0.2) is 31.0 Å². The molecule has 0 spiro atoms. The molecule has 1 aliphatic heterocycles. The second-order valence-corrected chi connectivity index (χ2v) is 9.15. The Labute approximate surface area is 129 Å². The maximum atomic E-state index is 13.1. The zero-order valence-corrected chi connectivity index (χ0v) is 13.8. The molecular formula is C14H22F3NO3S. The van der Waals surface area contributed by atoms with Crippen LogP contribution in [0.2, 0.25) is 0 Å². The molecule has 1 fully saturated rings. The molecule has 3 atom stereocenters. The summed E-state index contributed by atoms with van der Waals surface area (Å²) in [6, 6.07) is 0. The van der Waals surface area contributed by atoms with Gasteiger partial charge in [-0.05, 0) is 38.5 Å². The third kappa shape index (κ3) is 3.94. The molecule has 8 heteroatoms. The van der Waals surface area contributed by atoms with Gasteiger partial charge in [-0.1, -0.05) is 18.5 Å². The van der Waals surface area contributed by atoms with E-state index in [9.17, 15) is 21.6 Å². The Morgan fingerprint density at radius 2 is 1.95 bits per heavy atom. The summed E-state index contributed by atoms with van der Waals surface area (Å²) in [5, 5.41) is 3.45. The van der Waals surface area contributed by atoms with Crippen LogP contribution in [0.5, 0.6) is 0 Å². The van der Waals surface area contributed by atoms with Gasteiger partial charge >= 0.3 is 6.18 Å². The van der Waals surface area contributed by atoms with Crippen LogP contribution in [0.3, 0.4) is 0 Å². The van der Waals surface area contributed by atoms with Gasteiger partial charge in [0.15, 0.2) is 14.9 Å². The Kier molecular flexibility index (Phi) is 4.54. The largest absolute Gasteiger partial charge is 0.392 e. The van der Waals surface area contributed by atoms with Crippen LogP contribution in [0.15, 0.2) is 5.16 Å². The van der Waals surface area contributed by atoms with Gasteiger partial charge in [-0.3, -0.25) is 0 Å². The van der Waals surface area contributed by atoms with Crippen molar-refractivity contribution in [3.8, 4) is 0 Å². The minimum Gasteiger partial charge on any atom is -0.389 e. The first-order valence-electron chi connectivity index (χ1n) is 7.45. The molecule has 0 radical (unpaired) electrons. The predicted molar refractivity (Wildman–Crippen MR) is 77.1 cm³/mol. The third-order valence-electron chi connectivity index (χ3n) is 4.43. The average Bonchev–Trinajstić information content (AvgIpc) is 2.68. The van der Waals surface area contributed by atoms with Crippen molar-refractivity contribution >= 4 is 14.9 Å².